The summed E-state index contributed by atoms with van der Waals surface area (Å²) >= 11 is 3.28. The van der Waals surface area contributed by atoms with Gasteiger partial charge in [-0.1, -0.05) is 22.0 Å². The number of aromatic hydroxyl groups is 1. The molecule has 9 heteroatoms. The van der Waals surface area contributed by atoms with Gasteiger partial charge in [-0.3, -0.25) is 19.5 Å². The molecular weight excluding hydrogens is 469 g/mol. The number of benzene rings is 1. The van der Waals surface area contributed by atoms with Gasteiger partial charge in [0, 0.05) is 61.9 Å². The van der Waals surface area contributed by atoms with Crippen LogP contribution in [0.25, 0.3) is 0 Å². The maximum Gasteiger partial charge on any atom is 0.227 e. The zero-order chi connectivity index (χ0) is 21.8. The second-order valence-electron chi connectivity index (χ2n) is 8.03. The Morgan fingerprint density at radius 3 is 2.26 bits per heavy atom. The quantitative estimate of drug-likeness (QED) is 0.659. The summed E-state index contributed by atoms with van der Waals surface area (Å²) in [6, 6.07) is 6.51. The standard InChI is InChI=1S/C22H27BrFN3O4/c23-17-2-1-16(19(24)11-17)13-25-3-5-26(6-4-25)15-21-22(29)20(28)12-18(31-21)14-27-7-9-30-10-8-27/h1-2,11-12,29H,3-10,13-15H2. The third kappa shape index (κ3) is 5.93. The summed E-state index contributed by atoms with van der Waals surface area (Å²) in [6.45, 7) is 7.42. The van der Waals surface area contributed by atoms with Crippen molar-refractivity contribution in [2.75, 3.05) is 52.5 Å². The lowest BCUT2D eigenvalue weighted by Gasteiger charge is -2.34. The fourth-order valence-corrected chi connectivity index (χ4v) is 4.29. The summed E-state index contributed by atoms with van der Waals surface area (Å²) < 4.78 is 26.1. The fourth-order valence-electron chi connectivity index (χ4n) is 3.95. The third-order valence-electron chi connectivity index (χ3n) is 5.77. The lowest BCUT2D eigenvalue weighted by molar-refractivity contribution is 0.0305. The summed E-state index contributed by atoms with van der Waals surface area (Å²) in [5, 5.41) is 10.2. The van der Waals surface area contributed by atoms with E-state index in [2.05, 4.69) is 30.6 Å². The lowest BCUT2D eigenvalue weighted by atomic mass is 10.2. The van der Waals surface area contributed by atoms with Gasteiger partial charge in [-0.05, 0) is 12.1 Å². The van der Waals surface area contributed by atoms with Crippen LogP contribution in [0.2, 0.25) is 0 Å². The average Bonchev–Trinajstić information content (AvgIpc) is 2.76. The maximum absolute atomic E-state index is 14.1. The van der Waals surface area contributed by atoms with Crippen LogP contribution in [0.15, 0.2) is 37.9 Å². The number of morpholine rings is 1. The molecule has 2 aromatic rings. The van der Waals surface area contributed by atoms with Gasteiger partial charge in [0.15, 0.2) is 5.76 Å². The van der Waals surface area contributed by atoms with Crippen LogP contribution in [-0.2, 0) is 24.4 Å². The highest BCUT2D eigenvalue weighted by molar-refractivity contribution is 9.10. The van der Waals surface area contributed by atoms with Gasteiger partial charge in [-0.25, -0.2) is 4.39 Å². The highest BCUT2D eigenvalue weighted by Gasteiger charge is 2.22. The molecule has 2 aliphatic heterocycles. The predicted molar refractivity (Wildman–Crippen MR) is 117 cm³/mol. The largest absolute Gasteiger partial charge is 0.502 e. The molecule has 4 rings (SSSR count). The van der Waals surface area contributed by atoms with Crippen molar-refractivity contribution in [2.24, 2.45) is 0 Å². The van der Waals surface area contributed by atoms with E-state index >= 15 is 0 Å². The van der Waals surface area contributed by atoms with Gasteiger partial charge in [-0.15, -0.1) is 0 Å². The first-order chi connectivity index (χ1) is 15.0. The Balaban J connectivity index is 1.34. The van der Waals surface area contributed by atoms with Crippen molar-refractivity contribution in [1.29, 1.82) is 0 Å². The van der Waals surface area contributed by atoms with Gasteiger partial charge >= 0.3 is 0 Å². The number of hydrogen-bond acceptors (Lipinski definition) is 7. The smallest absolute Gasteiger partial charge is 0.227 e. The van der Waals surface area contributed by atoms with E-state index in [0.717, 1.165) is 43.7 Å². The van der Waals surface area contributed by atoms with E-state index in [9.17, 15) is 14.3 Å². The van der Waals surface area contributed by atoms with Gasteiger partial charge in [0.05, 0.1) is 26.3 Å². The highest BCUT2D eigenvalue weighted by Crippen LogP contribution is 2.20. The minimum absolute atomic E-state index is 0.208. The summed E-state index contributed by atoms with van der Waals surface area (Å²) in [7, 11) is 0. The Morgan fingerprint density at radius 2 is 1.58 bits per heavy atom. The summed E-state index contributed by atoms with van der Waals surface area (Å²) in [5.41, 5.74) is 0.268. The van der Waals surface area contributed by atoms with Crippen LogP contribution in [0.1, 0.15) is 17.1 Å². The summed E-state index contributed by atoms with van der Waals surface area (Å²) in [6.07, 6.45) is 0. The van der Waals surface area contributed by atoms with Crippen LogP contribution in [-0.4, -0.2) is 72.3 Å². The molecule has 0 spiro atoms. The van der Waals surface area contributed by atoms with Crippen molar-refractivity contribution >= 4 is 15.9 Å². The second kappa shape index (κ2) is 10.2. The molecule has 31 heavy (non-hydrogen) atoms. The minimum Gasteiger partial charge on any atom is -0.502 e. The summed E-state index contributed by atoms with van der Waals surface area (Å²) in [5.74, 6) is 0.345. The molecule has 0 bridgehead atoms. The molecule has 7 nitrogen and oxygen atoms in total. The highest BCUT2D eigenvalue weighted by atomic mass is 79.9. The van der Waals surface area contributed by atoms with Gasteiger partial charge in [0.25, 0.3) is 0 Å². The van der Waals surface area contributed by atoms with E-state index in [0.29, 0.717) is 49.9 Å². The van der Waals surface area contributed by atoms with Gasteiger partial charge in [-0.2, -0.15) is 0 Å². The first-order valence-electron chi connectivity index (χ1n) is 10.5. The monoisotopic (exact) mass is 495 g/mol. The molecule has 0 radical (unpaired) electrons. The third-order valence-corrected chi connectivity index (χ3v) is 6.26. The molecule has 168 valence electrons. The molecule has 3 heterocycles. The van der Waals surface area contributed by atoms with Gasteiger partial charge < -0.3 is 14.3 Å². The predicted octanol–water partition coefficient (Wildman–Crippen LogP) is 2.40. The van der Waals surface area contributed by atoms with Gasteiger partial charge in [0.1, 0.15) is 11.6 Å². The second-order valence-corrected chi connectivity index (χ2v) is 8.94. The number of rotatable bonds is 6. The van der Waals surface area contributed by atoms with Crippen LogP contribution in [0.5, 0.6) is 5.75 Å². The van der Waals surface area contributed by atoms with E-state index < -0.39 is 5.43 Å². The number of halogens is 2. The van der Waals surface area contributed by atoms with Crippen LogP contribution in [0.4, 0.5) is 4.39 Å². The van der Waals surface area contributed by atoms with Gasteiger partial charge in [0.2, 0.25) is 11.2 Å². The topological polar surface area (TPSA) is 69.4 Å². The van der Waals surface area contributed by atoms with Crippen molar-refractivity contribution in [3.63, 3.8) is 0 Å². The number of hydrogen-bond donors (Lipinski definition) is 1. The van der Waals surface area contributed by atoms with Crippen molar-refractivity contribution in [3.05, 3.63) is 61.9 Å². The van der Waals surface area contributed by atoms with E-state index in [-0.39, 0.29) is 11.6 Å². The van der Waals surface area contributed by atoms with Crippen molar-refractivity contribution in [1.82, 2.24) is 14.7 Å². The molecular formula is C22H27BrFN3O4. The van der Waals surface area contributed by atoms with E-state index in [4.69, 9.17) is 9.15 Å². The van der Waals surface area contributed by atoms with E-state index in [1.165, 1.54) is 12.1 Å². The Labute approximate surface area is 189 Å². The van der Waals surface area contributed by atoms with Crippen LogP contribution >= 0.6 is 15.9 Å². The number of ether oxygens (including phenoxy) is 1. The molecule has 1 aromatic carbocycles. The molecule has 2 aliphatic rings. The molecule has 0 saturated carbocycles. The van der Waals surface area contributed by atoms with E-state index in [1.807, 2.05) is 6.07 Å². The summed E-state index contributed by atoms with van der Waals surface area (Å²) in [4.78, 5) is 18.8. The van der Waals surface area contributed by atoms with Crippen LogP contribution < -0.4 is 5.43 Å². The van der Waals surface area contributed by atoms with Crippen molar-refractivity contribution < 1.29 is 18.7 Å². The molecule has 0 unspecified atom stereocenters. The Hall–Kier alpha value is -1.78. The lowest BCUT2D eigenvalue weighted by Crippen LogP contribution is -2.45. The fraction of sp³-hybridized carbons (Fsp3) is 0.500. The zero-order valence-electron chi connectivity index (χ0n) is 17.4. The Morgan fingerprint density at radius 1 is 0.935 bits per heavy atom. The van der Waals surface area contributed by atoms with Crippen LogP contribution in [0, 0.1) is 5.82 Å². The first kappa shape index (κ1) is 22.4. The number of piperazine rings is 1. The molecule has 2 saturated heterocycles. The maximum atomic E-state index is 14.1. The molecule has 2 fully saturated rings. The zero-order valence-corrected chi connectivity index (χ0v) is 18.9. The average molecular weight is 496 g/mol. The molecule has 0 amide bonds. The first-order valence-corrected chi connectivity index (χ1v) is 11.3. The number of nitrogens with zero attached hydrogens (tertiary/aromatic N) is 3. The van der Waals surface area contributed by atoms with Crippen LogP contribution in [0.3, 0.4) is 0 Å². The Kier molecular flexibility index (Phi) is 7.39. The van der Waals surface area contributed by atoms with Crippen molar-refractivity contribution in [2.45, 2.75) is 19.6 Å². The van der Waals surface area contributed by atoms with E-state index in [1.54, 1.807) is 6.07 Å². The normalized spacial score (nSPS) is 19.0. The Bertz CT molecular complexity index is 956. The van der Waals surface area contributed by atoms with Crippen molar-refractivity contribution in [3.8, 4) is 5.75 Å². The SMILES string of the molecule is O=c1cc(CN2CCOCC2)oc(CN2CCN(Cc3ccc(Br)cc3F)CC2)c1O. The molecule has 1 N–H and O–H groups in total. The molecule has 0 aliphatic carbocycles. The minimum atomic E-state index is -0.408. The molecule has 1 aromatic heterocycles. The molecule has 0 atom stereocenters.